The summed E-state index contributed by atoms with van der Waals surface area (Å²) in [6, 6.07) is 0.638. The minimum absolute atomic E-state index is 0.638. The normalized spacial score (nSPS) is 21.1. The first-order valence-corrected chi connectivity index (χ1v) is 6.49. The number of likely N-dealkylation sites (N-methyl/N-ethyl adjacent to an activating group) is 1. The second kappa shape index (κ2) is 7.89. The second-order valence-corrected chi connectivity index (χ2v) is 4.35. The van der Waals surface area contributed by atoms with Gasteiger partial charge in [0.05, 0.1) is 0 Å². The third-order valence-corrected chi connectivity index (χ3v) is 3.08. The van der Waals surface area contributed by atoms with E-state index in [2.05, 4.69) is 36.2 Å². The Balaban J connectivity index is 2.08. The number of nitrogens with one attached hydrogen (secondary N) is 1. The molecule has 0 saturated heterocycles. The van der Waals surface area contributed by atoms with Crippen molar-refractivity contribution in [2.45, 2.75) is 45.6 Å². The molecule has 0 spiro atoms. The van der Waals surface area contributed by atoms with Gasteiger partial charge in [-0.2, -0.15) is 0 Å². The molecule has 0 aromatic carbocycles. The lowest BCUT2D eigenvalue weighted by Gasteiger charge is -2.22. The maximum absolute atomic E-state index is 3.62. The molecule has 0 heterocycles. The zero-order valence-corrected chi connectivity index (χ0v) is 10.3. The fraction of sp³-hybridized carbons (Fsp3) is 0.846. The van der Waals surface area contributed by atoms with E-state index < -0.39 is 0 Å². The topological polar surface area (TPSA) is 15.3 Å². The molecule has 1 atom stereocenters. The molecule has 1 unspecified atom stereocenters. The van der Waals surface area contributed by atoms with Gasteiger partial charge in [-0.25, -0.2) is 0 Å². The van der Waals surface area contributed by atoms with Crippen molar-refractivity contribution in [3.8, 4) is 0 Å². The van der Waals surface area contributed by atoms with Crippen LogP contribution in [0.1, 0.15) is 39.5 Å². The van der Waals surface area contributed by atoms with Gasteiger partial charge in [-0.15, -0.1) is 0 Å². The van der Waals surface area contributed by atoms with Gasteiger partial charge in [0, 0.05) is 19.1 Å². The molecule has 1 aliphatic carbocycles. The van der Waals surface area contributed by atoms with Crippen LogP contribution in [0.5, 0.6) is 0 Å². The second-order valence-electron chi connectivity index (χ2n) is 4.35. The summed E-state index contributed by atoms with van der Waals surface area (Å²) in [5, 5.41) is 3.62. The largest absolute Gasteiger partial charge is 0.309 e. The maximum Gasteiger partial charge on any atom is 0.0250 e. The highest BCUT2D eigenvalue weighted by Crippen LogP contribution is 2.09. The van der Waals surface area contributed by atoms with Crippen LogP contribution in [0.4, 0.5) is 0 Å². The van der Waals surface area contributed by atoms with E-state index in [1.54, 1.807) is 0 Å². The van der Waals surface area contributed by atoms with Gasteiger partial charge in [0.1, 0.15) is 0 Å². The van der Waals surface area contributed by atoms with Crippen LogP contribution in [0.3, 0.4) is 0 Å². The molecule has 1 aliphatic rings. The van der Waals surface area contributed by atoms with Gasteiger partial charge in [-0.05, 0) is 38.8 Å². The average Bonchev–Trinajstić information content (AvgIpc) is 2.29. The van der Waals surface area contributed by atoms with Crippen molar-refractivity contribution >= 4 is 0 Å². The van der Waals surface area contributed by atoms with Crippen LogP contribution < -0.4 is 5.32 Å². The Kier molecular flexibility index (Phi) is 6.69. The maximum atomic E-state index is 3.62. The highest BCUT2D eigenvalue weighted by atomic mass is 15.1. The first-order chi connectivity index (χ1) is 7.36. The molecular weight excluding hydrogens is 184 g/mol. The first kappa shape index (κ1) is 12.7. The zero-order valence-electron chi connectivity index (χ0n) is 10.3. The van der Waals surface area contributed by atoms with Gasteiger partial charge >= 0.3 is 0 Å². The van der Waals surface area contributed by atoms with E-state index in [1.165, 1.54) is 45.3 Å². The molecule has 0 fully saturated rings. The standard InChI is InChI=1S/C13H26N2/c1-3-11-15(4-2)12-10-14-13-8-6-5-7-9-13/h6,8,13-14H,3-5,7,9-12H2,1-2H3. The molecule has 1 rings (SSSR count). The molecule has 0 aromatic rings. The number of allylic oxidation sites excluding steroid dienone is 1. The summed E-state index contributed by atoms with van der Waals surface area (Å²) < 4.78 is 0. The first-order valence-electron chi connectivity index (χ1n) is 6.49. The summed E-state index contributed by atoms with van der Waals surface area (Å²) in [5.41, 5.74) is 0. The monoisotopic (exact) mass is 210 g/mol. The van der Waals surface area contributed by atoms with Gasteiger partial charge in [0.25, 0.3) is 0 Å². The highest BCUT2D eigenvalue weighted by molar-refractivity contribution is 4.97. The fourth-order valence-corrected chi connectivity index (χ4v) is 2.13. The molecule has 0 radical (unpaired) electrons. The van der Waals surface area contributed by atoms with E-state index in [1.807, 2.05) is 0 Å². The zero-order chi connectivity index (χ0) is 10.9. The van der Waals surface area contributed by atoms with Gasteiger partial charge in [0.15, 0.2) is 0 Å². The van der Waals surface area contributed by atoms with Crippen LogP contribution >= 0.6 is 0 Å². The number of rotatable bonds is 7. The Hall–Kier alpha value is -0.340. The van der Waals surface area contributed by atoms with Crippen LogP contribution in [-0.2, 0) is 0 Å². The SMILES string of the molecule is CCCN(CC)CCNC1C=CCCC1. The smallest absolute Gasteiger partial charge is 0.0250 e. The summed E-state index contributed by atoms with van der Waals surface area (Å²) in [6.45, 7) is 9.22. The van der Waals surface area contributed by atoms with Crippen molar-refractivity contribution in [3.05, 3.63) is 12.2 Å². The fourth-order valence-electron chi connectivity index (χ4n) is 2.13. The average molecular weight is 210 g/mol. The summed E-state index contributed by atoms with van der Waals surface area (Å²) in [7, 11) is 0. The lowest BCUT2D eigenvalue weighted by Crippen LogP contribution is -2.37. The molecule has 2 heteroatoms. The molecule has 0 aromatic heterocycles. The molecule has 0 saturated carbocycles. The molecule has 1 N–H and O–H groups in total. The van der Waals surface area contributed by atoms with Crippen molar-refractivity contribution in [2.24, 2.45) is 0 Å². The molecule has 0 aliphatic heterocycles. The van der Waals surface area contributed by atoms with Gasteiger partial charge in [-0.3, -0.25) is 0 Å². The van der Waals surface area contributed by atoms with Crippen molar-refractivity contribution in [1.82, 2.24) is 10.2 Å². The van der Waals surface area contributed by atoms with E-state index in [-0.39, 0.29) is 0 Å². The minimum Gasteiger partial charge on any atom is -0.309 e. The Morgan fingerprint density at radius 3 is 2.80 bits per heavy atom. The predicted molar refractivity (Wildman–Crippen MR) is 67.2 cm³/mol. The third kappa shape index (κ3) is 5.33. The Labute approximate surface area is 94.7 Å². The number of nitrogens with zero attached hydrogens (tertiary/aromatic N) is 1. The van der Waals surface area contributed by atoms with Crippen LogP contribution in [-0.4, -0.2) is 37.1 Å². The van der Waals surface area contributed by atoms with Crippen LogP contribution in [0.15, 0.2) is 12.2 Å². The van der Waals surface area contributed by atoms with Crippen LogP contribution in [0.2, 0.25) is 0 Å². The van der Waals surface area contributed by atoms with Gasteiger partial charge in [-0.1, -0.05) is 26.0 Å². The van der Waals surface area contributed by atoms with E-state index in [0.717, 1.165) is 6.54 Å². The van der Waals surface area contributed by atoms with Crippen molar-refractivity contribution in [3.63, 3.8) is 0 Å². The predicted octanol–water partition coefficient (Wildman–Crippen LogP) is 2.42. The Bertz CT molecular complexity index is 177. The lowest BCUT2D eigenvalue weighted by atomic mass is 10.0. The molecule has 0 bridgehead atoms. The van der Waals surface area contributed by atoms with Crippen molar-refractivity contribution < 1.29 is 0 Å². The van der Waals surface area contributed by atoms with Crippen molar-refractivity contribution in [2.75, 3.05) is 26.2 Å². The summed E-state index contributed by atoms with van der Waals surface area (Å²) in [4.78, 5) is 2.51. The van der Waals surface area contributed by atoms with E-state index in [4.69, 9.17) is 0 Å². The summed E-state index contributed by atoms with van der Waals surface area (Å²) >= 11 is 0. The van der Waals surface area contributed by atoms with E-state index >= 15 is 0 Å². The minimum atomic E-state index is 0.638. The molecule has 88 valence electrons. The molecule has 15 heavy (non-hydrogen) atoms. The Morgan fingerprint density at radius 2 is 2.20 bits per heavy atom. The Morgan fingerprint density at radius 1 is 1.33 bits per heavy atom. The third-order valence-electron chi connectivity index (χ3n) is 3.08. The molecule has 2 nitrogen and oxygen atoms in total. The quantitative estimate of drug-likeness (QED) is 0.649. The van der Waals surface area contributed by atoms with Gasteiger partial charge in [0.2, 0.25) is 0 Å². The van der Waals surface area contributed by atoms with Crippen LogP contribution in [0.25, 0.3) is 0 Å². The summed E-state index contributed by atoms with van der Waals surface area (Å²) in [5.74, 6) is 0. The van der Waals surface area contributed by atoms with Gasteiger partial charge < -0.3 is 10.2 Å². The number of hydrogen-bond donors (Lipinski definition) is 1. The molecule has 0 amide bonds. The van der Waals surface area contributed by atoms with Crippen LogP contribution in [0, 0.1) is 0 Å². The van der Waals surface area contributed by atoms with E-state index in [9.17, 15) is 0 Å². The highest BCUT2D eigenvalue weighted by Gasteiger charge is 2.07. The number of hydrogen-bond acceptors (Lipinski definition) is 2. The van der Waals surface area contributed by atoms with Crippen molar-refractivity contribution in [1.29, 1.82) is 0 Å². The summed E-state index contributed by atoms with van der Waals surface area (Å²) in [6.07, 6.45) is 9.84. The lowest BCUT2D eigenvalue weighted by molar-refractivity contribution is 0.284. The molecular formula is C13H26N2. The van der Waals surface area contributed by atoms with E-state index in [0.29, 0.717) is 6.04 Å².